The second-order valence-corrected chi connectivity index (χ2v) is 5.70. The van der Waals surface area contributed by atoms with Gasteiger partial charge in [0.25, 0.3) is 0 Å². The van der Waals surface area contributed by atoms with Gasteiger partial charge in [-0.05, 0) is 11.5 Å². The molecule has 1 aromatic carbocycles. The second-order valence-electron chi connectivity index (χ2n) is 5.70. The Kier molecular flexibility index (Phi) is 5.39. The van der Waals surface area contributed by atoms with Crippen LogP contribution in [0.2, 0.25) is 0 Å². The van der Waals surface area contributed by atoms with E-state index in [1.807, 2.05) is 23.1 Å². The molecular formula is C17H24N2O2. The van der Waals surface area contributed by atoms with Crippen LogP contribution < -0.4 is 5.32 Å². The number of hydrogen-bond acceptors (Lipinski definition) is 3. The Morgan fingerprint density at radius 3 is 2.81 bits per heavy atom. The van der Waals surface area contributed by atoms with E-state index in [1.54, 1.807) is 6.08 Å². The number of ether oxygens (including phenoxy) is 1. The van der Waals surface area contributed by atoms with Crippen LogP contribution in [0.25, 0.3) is 0 Å². The van der Waals surface area contributed by atoms with Gasteiger partial charge >= 0.3 is 6.09 Å². The first-order valence-corrected chi connectivity index (χ1v) is 7.46. The lowest BCUT2D eigenvalue weighted by atomic mass is 9.96. The molecule has 1 aliphatic rings. The summed E-state index contributed by atoms with van der Waals surface area (Å²) in [4.78, 5) is 14.1. The monoisotopic (exact) mass is 288 g/mol. The highest BCUT2D eigenvalue weighted by Crippen LogP contribution is 2.23. The Labute approximate surface area is 126 Å². The van der Waals surface area contributed by atoms with Gasteiger partial charge in [0.2, 0.25) is 0 Å². The van der Waals surface area contributed by atoms with Crippen molar-refractivity contribution in [3.63, 3.8) is 0 Å². The Balaban J connectivity index is 2.11. The quantitative estimate of drug-likeness (QED) is 0.866. The highest BCUT2D eigenvalue weighted by molar-refractivity contribution is 5.68. The lowest BCUT2D eigenvalue weighted by Crippen LogP contribution is -2.56. The van der Waals surface area contributed by atoms with Gasteiger partial charge in [-0.1, -0.05) is 56.8 Å². The van der Waals surface area contributed by atoms with Crippen molar-refractivity contribution in [2.75, 3.05) is 19.7 Å². The van der Waals surface area contributed by atoms with Crippen LogP contribution in [-0.2, 0) is 4.74 Å². The standard InChI is InChI=1S/C17H24N2O2/c1-4-10-21-17(20)19-12-15(14-8-6-5-7-9-14)18-11-16(19)13(2)3/h4-9,13,15-16,18H,1,10-12H2,2-3H3. The molecule has 0 radical (unpaired) electrons. The largest absolute Gasteiger partial charge is 0.445 e. The van der Waals surface area contributed by atoms with E-state index < -0.39 is 0 Å². The minimum atomic E-state index is -0.254. The van der Waals surface area contributed by atoms with Crippen molar-refractivity contribution in [1.29, 1.82) is 0 Å². The molecule has 2 unspecified atom stereocenters. The molecule has 1 saturated heterocycles. The van der Waals surface area contributed by atoms with E-state index in [9.17, 15) is 4.79 Å². The molecule has 1 aliphatic heterocycles. The molecule has 0 saturated carbocycles. The van der Waals surface area contributed by atoms with E-state index >= 15 is 0 Å². The van der Waals surface area contributed by atoms with Crippen molar-refractivity contribution < 1.29 is 9.53 Å². The Morgan fingerprint density at radius 2 is 2.19 bits per heavy atom. The fraction of sp³-hybridized carbons (Fsp3) is 0.471. The maximum atomic E-state index is 12.3. The zero-order valence-electron chi connectivity index (χ0n) is 12.8. The molecule has 2 rings (SSSR count). The van der Waals surface area contributed by atoms with Gasteiger partial charge in [0.15, 0.2) is 0 Å². The van der Waals surface area contributed by atoms with Gasteiger partial charge < -0.3 is 15.0 Å². The number of hydrogen-bond donors (Lipinski definition) is 1. The average molecular weight is 288 g/mol. The lowest BCUT2D eigenvalue weighted by molar-refractivity contribution is 0.0613. The van der Waals surface area contributed by atoms with Crippen LogP contribution in [-0.4, -0.2) is 36.7 Å². The molecule has 0 bridgehead atoms. The zero-order chi connectivity index (χ0) is 15.2. The molecule has 114 valence electrons. The summed E-state index contributed by atoms with van der Waals surface area (Å²) in [6.07, 6.45) is 1.34. The van der Waals surface area contributed by atoms with Gasteiger partial charge in [-0.25, -0.2) is 4.79 Å². The first kappa shape index (κ1) is 15.6. The predicted octanol–water partition coefficient (Wildman–Crippen LogP) is 2.98. The molecular weight excluding hydrogens is 264 g/mol. The summed E-state index contributed by atoms with van der Waals surface area (Å²) in [5, 5.41) is 3.54. The van der Waals surface area contributed by atoms with Crippen molar-refractivity contribution in [2.24, 2.45) is 5.92 Å². The third kappa shape index (κ3) is 3.85. The molecule has 4 nitrogen and oxygen atoms in total. The molecule has 1 aromatic rings. The Morgan fingerprint density at radius 1 is 1.48 bits per heavy atom. The molecule has 0 aliphatic carbocycles. The van der Waals surface area contributed by atoms with Crippen molar-refractivity contribution in [1.82, 2.24) is 10.2 Å². The van der Waals surface area contributed by atoms with Crippen LogP contribution in [0.5, 0.6) is 0 Å². The fourth-order valence-electron chi connectivity index (χ4n) is 2.70. The molecule has 1 fully saturated rings. The number of rotatable bonds is 4. The molecule has 0 spiro atoms. The minimum absolute atomic E-state index is 0.150. The summed E-state index contributed by atoms with van der Waals surface area (Å²) < 4.78 is 5.24. The normalized spacial score (nSPS) is 22.1. The molecule has 1 heterocycles. The Bertz CT molecular complexity index is 473. The van der Waals surface area contributed by atoms with E-state index in [1.165, 1.54) is 5.56 Å². The third-order valence-electron chi connectivity index (χ3n) is 3.88. The maximum Gasteiger partial charge on any atom is 0.410 e. The van der Waals surface area contributed by atoms with Gasteiger partial charge in [0, 0.05) is 19.1 Å². The molecule has 1 amide bonds. The lowest BCUT2D eigenvalue weighted by Gasteiger charge is -2.41. The number of carbonyl (C=O) groups excluding carboxylic acids is 1. The highest BCUT2D eigenvalue weighted by atomic mass is 16.6. The van der Waals surface area contributed by atoms with Crippen molar-refractivity contribution in [2.45, 2.75) is 25.9 Å². The van der Waals surface area contributed by atoms with E-state index in [-0.39, 0.29) is 24.8 Å². The fourth-order valence-corrected chi connectivity index (χ4v) is 2.70. The van der Waals surface area contributed by atoms with E-state index in [2.05, 4.69) is 37.9 Å². The van der Waals surface area contributed by atoms with Crippen LogP contribution in [0.4, 0.5) is 4.79 Å². The van der Waals surface area contributed by atoms with Crippen LogP contribution in [0.3, 0.4) is 0 Å². The third-order valence-corrected chi connectivity index (χ3v) is 3.88. The smallest absolute Gasteiger partial charge is 0.410 e. The number of benzene rings is 1. The summed E-state index contributed by atoms with van der Waals surface area (Å²) in [6.45, 7) is 9.50. The Hall–Kier alpha value is -1.81. The van der Waals surface area contributed by atoms with Crippen LogP contribution in [0.1, 0.15) is 25.5 Å². The van der Waals surface area contributed by atoms with Gasteiger partial charge in [0.05, 0.1) is 6.04 Å². The second kappa shape index (κ2) is 7.27. The molecule has 1 N–H and O–H groups in total. The van der Waals surface area contributed by atoms with Crippen molar-refractivity contribution >= 4 is 6.09 Å². The van der Waals surface area contributed by atoms with Crippen molar-refractivity contribution in [3.8, 4) is 0 Å². The SMILES string of the molecule is C=CCOC(=O)N1CC(c2ccccc2)NCC1C(C)C. The predicted molar refractivity (Wildman–Crippen MR) is 84.1 cm³/mol. The number of nitrogens with one attached hydrogen (secondary N) is 1. The first-order chi connectivity index (χ1) is 10.1. The average Bonchev–Trinajstić information content (AvgIpc) is 2.52. The van der Waals surface area contributed by atoms with Gasteiger partial charge in [0.1, 0.15) is 6.61 Å². The van der Waals surface area contributed by atoms with Crippen molar-refractivity contribution in [3.05, 3.63) is 48.6 Å². The number of piperazine rings is 1. The zero-order valence-corrected chi connectivity index (χ0v) is 12.8. The molecule has 21 heavy (non-hydrogen) atoms. The number of carbonyl (C=O) groups is 1. The van der Waals surface area contributed by atoms with Crippen LogP contribution >= 0.6 is 0 Å². The van der Waals surface area contributed by atoms with Crippen LogP contribution in [0.15, 0.2) is 43.0 Å². The summed E-state index contributed by atoms with van der Waals surface area (Å²) in [5.74, 6) is 0.380. The highest BCUT2D eigenvalue weighted by Gasteiger charge is 2.34. The van der Waals surface area contributed by atoms with Gasteiger partial charge in [-0.2, -0.15) is 0 Å². The minimum Gasteiger partial charge on any atom is -0.445 e. The number of nitrogens with zero attached hydrogens (tertiary/aromatic N) is 1. The van der Waals surface area contributed by atoms with Gasteiger partial charge in [-0.15, -0.1) is 0 Å². The summed E-state index contributed by atoms with van der Waals surface area (Å²) in [6, 6.07) is 10.5. The first-order valence-electron chi connectivity index (χ1n) is 7.46. The van der Waals surface area contributed by atoms with E-state index in [0.29, 0.717) is 12.5 Å². The van der Waals surface area contributed by atoms with Gasteiger partial charge in [-0.3, -0.25) is 0 Å². The summed E-state index contributed by atoms with van der Waals surface area (Å²) in [5.41, 5.74) is 1.20. The van der Waals surface area contributed by atoms with E-state index in [0.717, 1.165) is 6.54 Å². The molecule has 0 aromatic heterocycles. The van der Waals surface area contributed by atoms with E-state index in [4.69, 9.17) is 4.74 Å². The maximum absolute atomic E-state index is 12.3. The molecule has 2 atom stereocenters. The number of amides is 1. The summed E-state index contributed by atoms with van der Waals surface area (Å²) >= 11 is 0. The topological polar surface area (TPSA) is 41.6 Å². The van der Waals surface area contributed by atoms with Crippen LogP contribution in [0, 0.1) is 5.92 Å². The molecule has 4 heteroatoms. The summed E-state index contributed by atoms with van der Waals surface area (Å²) in [7, 11) is 0.